The van der Waals surface area contributed by atoms with E-state index in [1.54, 1.807) is 4.90 Å². The Morgan fingerprint density at radius 2 is 1.81 bits per heavy atom. The quantitative estimate of drug-likeness (QED) is 0.690. The Balaban J connectivity index is 0.00000363. The molecule has 1 radical (unpaired) electrons. The van der Waals surface area contributed by atoms with Crippen molar-refractivity contribution in [3.8, 4) is 0 Å². The van der Waals surface area contributed by atoms with Crippen molar-refractivity contribution >= 4 is 36.6 Å². The van der Waals surface area contributed by atoms with Gasteiger partial charge in [0, 0.05) is 69.0 Å². The first kappa shape index (κ1) is 26.3. The van der Waals surface area contributed by atoms with E-state index in [4.69, 9.17) is 9.47 Å². The average Bonchev–Trinajstić information content (AvgIpc) is 2.67. The van der Waals surface area contributed by atoms with Gasteiger partial charge in [0.1, 0.15) is 5.60 Å². The van der Waals surface area contributed by atoms with Crippen LogP contribution in [-0.4, -0.2) is 82.9 Å². The number of likely N-dealkylation sites (tertiary alicyclic amines) is 1. The van der Waals surface area contributed by atoms with Crippen molar-refractivity contribution < 1.29 is 24.2 Å². The molecule has 1 aromatic rings. The summed E-state index contributed by atoms with van der Waals surface area (Å²) in [6.45, 7) is 9.57. The van der Waals surface area contributed by atoms with Crippen LogP contribution in [-0.2, 0) is 9.47 Å². The number of carboxylic acid groups (broad SMARTS) is 1. The van der Waals surface area contributed by atoms with E-state index in [1.807, 2.05) is 27.7 Å². The molecule has 0 bridgehead atoms. The van der Waals surface area contributed by atoms with Gasteiger partial charge in [-0.05, 0) is 53.4 Å². The minimum Gasteiger partial charge on any atom is -0.478 e. The number of ether oxygens (including phenoxy) is 2. The number of aromatic carboxylic acids is 1. The van der Waals surface area contributed by atoms with E-state index < -0.39 is 17.1 Å². The van der Waals surface area contributed by atoms with Gasteiger partial charge in [-0.25, -0.2) is 9.59 Å². The molecule has 1 amide bonds. The number of rotatable bonds is 4. The van der Waals surface area contributed by atoms with Crippen LogP contribution in [0.1, 0.15) is 69.8 Å². The van der Waals surface area contributed by atoms with E-state index in [2.05, 4.69) is 5.32 Å². The molecule has 0 aromatic carbocycles. The van der Waals surface area contributed by atoms with Gasteiger partial charge in [0.25, 0.3) is 5.56 Å². The first-order valence-corrected chi connectivity index (χ1v) is 10.8. The minimum atomic E-state index is -1.09. The third-order valence-corrected chi connectivity index (χ3v) is 5.85. The van der Waals surface area contributed by atoms with Crippen molar-refractivity contribution in [1.29, 1.82) is 0 Å². The predicted octanol–water partition coefficient (Wildman–Crippen LogP) is 2.72. The van der Waals surface area contributed by atoms with Crippen molar-refractivity contribution in [2.45, 2.75) is 70.6 Å². The molecule has 0 spiro atoms. The zero-order valence-electron chi connectivity index (χ0n) is 19.8. The number of hydrogen-bond donors (Lipinski definition) is 2. The maximum absolute atomic E-state index is 12.8. The molecule has 0 saturated carbocycles. The summed E-state index contributed by atoms with van der Waals surface area (Å²) in [6, 6.07) is 1.32. The van der Waals surface area contributed by atoms with Crippen molar-refractivity contribution in [2.75, 3.05) is 31.6 Å². The number of nitrogens with zero attached hydrogens (tertiary/aromatic N) is 2. The third kappa shape index (κ3) is 6.53. The SMILES string of the molecule is CC1(Nc2cc(=O)n(C3CCOCC3)cc2C(=O)O)CCN(C(=O)OC(C)(C)C)CC1.[Li]. The number of carboxylic acids is 1. The molecule has 2 N–H and O–H groups in total. The van der Waals surface area contributed by atoms with Crippen LogP contribution in [0.15, 0.2) is 17.1 Å². The Morgan fingerprint density at radius 1 is 1.22 bits per heavy atom. The Hall–Kier alpha value is -1.95. The van der Waals surface area contributed by atoms with Crippen molar-refractivity contribution in [3.05, 3.63) is 28.2 Å². The largest absolute Gasteiger partial charge is 0.478 e. The molecular weight excluding hydrogens is 409 g/mol. The van der Waals surface area contributed by atoms with Crippen LogP contribution >= 0.6 is 0 Å². The first-order valence-electron chi connectivity index (χ1n) is 10.8. The van der Waals surface area contributed by atoms with Gasteiger partial charge < -0.3 is 29.4 Å². The molecule has 1 aromatic heterocycles. The van der Waals surface area contributed by atoms with Crippen LogP contribution in [0.5, 0.6) is 0 Å². The number of pyridine rings is 1. The molecule has 2 saturated heterocycles. The third-order valence-electron chi connectivity index (χ3n) is 5.85. The van der Waals surface area contributed by atoms with Gasteiger partial charge in [0.2, 0.25) is 0 Å². The van der Waals surface area contributed by atoms with E-state index in [-0.39, 0.29) is 42.1 Å². The number of anilines is 1. The van der Waals surface area contributed by atoms with Gasteiger partial charge in [-0.1, -0.05) is 0 Å². The van der Waals surface area contributed by atoms with Crippen LogP contribution in [0.2, 0.25) is 0 Å². The van der Waals surface area contributed by atoms with Crippen molar-refractivity contribution in [2.24, 2.45) is 0 Å². The van der Waals surface area contributed by atoms with Crippen LogP contribution in [0.3, 0.4) is 0 Å². The topological polar surface area (TPSA) is 110 Å². The molecule has 173 valence electrons. The second-order valence-corrected chi connectivity index (χ2v) is 9.65. The fourth-order valence-electron chi connectivity index (χ4n) is 4.03. The Labute approximate surface area is 200 Å². The standard InChI is InChI=1S/C22H33N3O6.Li/c1-21(2,3)31-20(29)24-9-7-22(4,8-10-24)23-17-13-18(26)25(14-16(17)19(27)28)15-5-11-30-12-6-15;/h13-15,23H,5-12H2,1-4H3,(H,27,28);. The summed E-state index contributed by atoms with van der Waals surface area (Å²) >= 11 is 0. The average molecular weight is 442 g/mol. The molecule has 9 nitrogen and oxygen atoms in total. The zero-order valence-corrected chi connectivity index (χ0v) is 19.8. The molecule has 3 rings (SSSR count). The van der Waals surface area contributed by atoms with Gasteiger partial charge in [-0.3, -0.25) is 4.79 Å². The van der Waals surface area contributed by atoms with E-state index in [0.29, 0.717) is 57.7 Å². The first-order chi connectivity index (χ1) is 14.5. The summed E-state index contributed by atoms with van der Waals surface area (Å²) in [4.78, 5) is 38.7. The maximum Gasteiger partial charge on any atom is 0.410 e. The van der Waals surface area contributed by atoms with Crippen molar-refractivity contribution in [3.63, 3.8) is 0 Å². The van der Waals surface area contributed by atoms with Crippen LogP contribution < -0.4 is 10.9 Å². The molecule has 0 aliphatic carbocycles. The summed E-state index contributed by atoms with van der Waals surface area (Å²) in [5.74, 6) is -1.09. The number of piperidine rings is 1. The number of aromatic nitrogens is 1. The molecule has 2 aliphatic rings. The second kappa shape index (κ2) is 10.3. The normalized spacial score (nSPS) is 19.1. The van der Waals surface area contributed by atoms with Crippen LogP contribution in [0.4, 0.5) is 10.5 Å². The Kier molecular flexibility index (Phi) is 8.48. The number of hydrogen-bond acceptors (Lipinski definition) is 6. The number of carbonyl (C=O) groups excluding carboxylic acids is 1. The van der Waals surface area contributed by atoms with Gasteiger partial charge in [-0.2, -0.15) is 0 Å². The summed E-state index contributed by atoms with van der Waals surface area (Å²) in [6.07, 6.45) is 3.68. The molecule has 10 heteroatoms. The molecule has 0 unspecified atom stereocenters. The molecular formula is C22H33LiN3O6. The summed E-state index contributed by atoms with van der Waals surface area (Å²) in [5, 5.41) is 13.1. The van der Waals surface area contributed by atoms with Gasteiger partial charge in [-0.15, -0.1) is 0 Å². The Morgan fingerprint density at radius 3 is 2.34 bits per heavy atom. The van der Waals surface area contributed by atoms with Crippen LogP contribution in [0.25, 0.3) is 0 Å². The summed E-state index contributed by atoms with van der Waals surface area (Å²) < 4.78 is 12.3. The Bertz CT molecular complexity index is 881. The van der Waals surface area contributed by atoms with E-state index in [0.717, 1.165) is 0 Å². The number of carbonyl (C=O) groups is 2. The summed E-state index contributed by atoms with van der Waals surface area (Å²) in [7, 11) is 0. The molecule has 2 fully saturated rings. The fraction of sp³-hybridized carbons (Fsp3) is 0.682. The summed E-state index contributed by atoms with van der Waals surface area (Å²) in [5.41, 5.74) is -0.842. The fourth-order valence-corrected chi connectivity index (χ4v) is 4.03. The molecule has 2 aliphatic heterocycles. The van der Waals surface area contributed by atoms with E-state index >= 15 is 0 Å². The van der Waals surface area contributed by atoms with E-state index in [1.165, 1.54) is 16.8 Å². The van der Waals surface area contributed by atoms with E-state index in [9.17, 15) is 19.5 Å². The number of amides is 1. The van der Waals surface area contributed by atoms with Gasteiger partial charge in [0.05, 0.1) is 11.3 Å². The monoisotopic (exact) mass is 442 g/mol. The second-order valence-electron chi connectivity index (χ2n) is 9.65. The minimum absolute atomic E-state index is 0. The van der Waals surface area contributed by atoms with Gasteiger partial charge >= 0.3 is 12.1 Å². The van der Waals surface area contributed by atoms with Gasteiger partial charge in [0.15, 0.2) is 0 Å². The predicted molar refractivity (Wildman–Crippen MR) is 122 cm³/mol. The number of nitrogens with one attached hydrogen (secondary N) is 1. The van der Waals surface area contributed by atoms with Crippen molar-refractivity contribution in [1.82, 2.24) is 9.47 Å². The molecule has 3 heterocycles. The molecule has 0 atom stereocenters. The molecule has 32 heavy (non-hydrogen) atoms. The maximum atomic E-state index is 12.8. The zero-order chi connectivity index (χ0) is 22.8. The smallest absolute Gasteiger partial charge is 0.410 e. The van der Waals surface area contributed by atoms with Crippen LogP contribution in [0, 0.1) is 0 Å².